The van der Waals surface area contributed by atoms with Gasteiger partial charge in [-0.25, -0.2) is 8.42 Å². The molecule has 0 aliphatic rings. The Labute approximate surface area is 197 Å². The molecule has 172 valence electrons. The number of amides is 1. The summed E-state index contributed by atoms with van der Waals surface area (Å²) < 4.78 is 26.4. The van der Waals surface area contributed by atoms with Gasteiger partial charge in [0, 0.05) is 17.7 Å². The van der Waals surface area contributed by atoms with Crippen molar-refractivity contribution in [1.82, 2.24) is 0 Å². The van der Waals surface area contributed by atoms with E-state index in [1.54, 1.807) is 24.3 Å². The van der Waals surface area contributed by atoms with E-state index in [1.807, 2.05) is 32.0 Å². The third-order valence-corrected chi connectivity index (χ3v) is 6.48. The first-order chi connectivity index (χ1) is 15.5. The van der Waals surface area contributed by atoms with Crippen LogP contribution in [0.25, 0.3) is 0 Å². The van der Waals surface area contributed by atoms with Gasteiger partial charge in [-0.15, -0.1) is 0 Å². The van der Waals surface area contributed by atoms with Crippen LogP contribution in [0.3, 0.4) is 0 Å². The fourth-order valence-corrected chi connectivity index (χ4v) is 4.57. The van der Waals surface area contributed by atoms with E-state index in [-0.39, 0.29) is 22.9 Å². The largest absolute Gasteiger partial charge is 0.320 e. The molecule has 0 aliphatic heterocycles. The number of hydrogen-bond acceptors (Lipinski definition) is 5. The Bertz CT molecular complexity index is 1300. The number of nitrogens with zero attached hydrogens (tertiary/aromatic N) is 2. The molecule has 0 aliphatic carbocycles. The standard InChI is InChI=1S/C23H22ClN3O5S/c1-15-5-4-6-16(2)22(15)26(33(3,31)32)14-17-7-9-18(10-8-17)23(28)25-21-13-19(27(29)30)11-12-20(21)24/h4-13H,14H2,1-3H3,(H,25,28). The highest BCUT2D eigenvalue weighted by atomic mass is 35.5. The molecule has 0 aromatic heterocycles. The third kappa shape index (κ3) is 5.68. The second kappa shape index (κ2) is 9.60. The molecular formula is C23H22ClN3O5S. The fourth-order valence-electron chi connectivity index (χ4n) is 3.41. The van der Waals surface area contributed by atoms with Crippen LogP contribution >= 0.6 is 11.6 Å². The van der Waals surface area contributed by atoms with E-state index in [2.05, 4.69) is 5.32 Å². The molecule has 10 heteroatoms. The van der Waals surface area contributed by atoms with Gasteiger partial charge in [-0.05, 0) is 48.7 Å². The van der Waals surface area contributed by atoms with E-state index in [9.17, 15) is 23.3 Å². The number of benzene rings is 3. The number of non-ortho nitro benzene ring substituents is 1. The van der Waals surface area contributed by atoms with Crippen molar-refractivity contribution in [2.75, 3.05) is 15.9 Å². The van der Waals surface area contributed by atoms with E-state index < -0.39 is 20.9 Å². The van der Waals surface area contributed by atoms with Gasteiger partial charge >= 0.3 is 0 Å². The Hall–Kier alpha value is -3.43. The minimum atomic E-state index is -3.56. The van der Waals surface area contributed by atoms with Gasteiger partial charge in [-0.1, -0.05) is 41.9 Å². The lowest BCUT2D eigenvalue weighted by molar-refractivity contribution is -0.384. The zero-order chi connectivity index (χ0) is 24.3. The summed E-state index contributed by atoms with van der Waals surface area (Å²) in [6.07, 6.45) is 1.16. The molecule has 0 saturated heterocycles. The van der Waals surface area contributed by atoms with Crippen molar-refractivity contribution in [3.8, 4) is 0 Å². The normalized spacial score (nSPS) is 11.2. The average molecular weight is 488 g/mol. The number of rotatable bonds is 7. The smallest absolute Gasteiger partial charge is 0.271 e. The zero-order valence-corrected chi connectivity index (χ0v) is 19.8. The molecule has 8 nitrogen and oxygen atoms in total. The zero-order valence-electron chi connectivity index (χ0n) is 18.2. The Morgan fingerprint density at radius 1 is 1.06 bits per heavy atom. The minimum absolute atomic E-state index is 0.100. The summed E-state index contributed by atoms with van der Waals surface area (Å²) in [4.78, 5) is 23.0. The predicted octanol–water partition coefficient (Wildman–Crippen LogP) is 5.08. The predicted molar refractivity (Wildman–Crippen MR) is 129 cm³/mol. The number of nitro benzene ring substituents is 1. The second-order valence-corrected chi connectivity index (χ2v) is 9.90. The van der Waals surface area contributed by atoms with Gasteiger partial charge in [-0.3, -0.25) is 19.2 Å². The molecule has 0 radical (unpaired) electrons. The average Bonchev–Trinajstić information content (AvgIpc) is 2.74. The molecule has 0 unspecified atom stereocenters. The topological polar surface area (TPSA) is 110 Å². The molecule has 0 heterocycles. The molecule has 3 rings (SSSR count). The van der Waals surface area contributed by atoms with Crippen LogP contribution in [0.4, 0.5) is 17.1 Å². The summed E-state index contributed by atoms with van der Waals surface area (Å²) in [6, 6.07) is 15.8. The minimum Gasteiger partial charge on any atom is -0.320 e. The molecule has 1 amide bonds. The first kappa shape index (κ1) is 24.2. The van der Waals surface area contributed by atoms with Crippen LogP contribution in [0.5, 0.6) is 0 Å². The number of sulfonamides is 1. The van der Waals surface area contributed by atoms with Crippen molar-refractivity contribution in [3.63, 3.8) is 0 Å². The molecular weight excluding hydrogens is 466 g/mol. The number of aryl methyl sites for hydroxylation is 2. The summed E-state index contributed by atoms with van der Waals surface area (Å²) in [7, 11) is -3.56. The Morgan fingerprint density at radius 3 is 2.21 bits per heavy atom. The maximum Gasteiger partial charge on any atom is 0.271 e. The molecule has 0 atom stereocenters. The van der Waals surface area contributed by atoms with Crippen LogP contribution in [0.15, 0.2) is 60.7 Å². The van der Waals surface area contributed by atoms with Crippen LogP contribution in [0.1, 0.15) is 27.0 Å². The molecule has 0 spiro atoms. The number of carbonyl (C=O) groups excluding carboxylic acids is 1. The van der Waals surface area contributed by atoms with E-state index >= 15 is 0 Å². The number of para-hydroxylation sites is 1. The monoisotopic (exact) mass is 487 g/mol. The number of hydrogen-bond donors (Lipinski definition) is 1. The lowest BCUT2D eigenvalue weighted by atomic mass is 10.1. The molecule has 0 saturated carbocycles. The van der Waals surface area contributed by atoms with E-state index in [1.165, 1.54) is 22.5 Å². The van der Waals surface area contributed by atoms with Gasteiger partial charge in [0.05, 0.1) is 34.1 Å². The van der Waals surface area contributed by atoms with Gasteiger partial charge in [0.1, 0.15) is 0 Å². The third-order valence-electron chi connectivity index (χ3n) is 5.04. The number of carbonyl (C=O) groups is 1. The van der Waals surface area contributed by atoms with Crippen LogP contribution in [0, 0.1) is 24.0 Å². The molecule has 33 heavy (non-hydrogen) atoms. The van der Waals surface area contributed by atoms with Crippen molar-refractivity contribution in [1.29, 1.82) is 0 Å². The quantitative estimate of drug-likeness (QED) is 0.369. The summed E-state index contributed by atoms with van der Waals surface area (Å²) >= 11 is 6.04. The number of anilines is 2. The van der Waals surface area contributed by atoms with E-state index in [0.29, 0.717) is 16.8 Å². The summed E-state index contributed by atoms with van der Waals surface area (Å²) in [5.41, 5.74) is 3.21. The van der Waals surface area contributed by atoms with Gasteiger partial charge in [0.15, 0.2) is 0 Å². The maximum atomic E-state index is 12.6. The van der Waals surface area contributed by atoms with Crippen LogP contribution < -0.4 is 9.62 Å². The molecule has 1 N–H and O–H groups in total. The van der Waals surface area contributed by atoms with Crippen LogP contribution in [0.2, 0.25) is 5.02 Å². The second-order valence-electron chi connectivity index (χ2n) is 7.58. The van der Waals surface area contributed by atoms with Crippen molar-refractivity contribution in [2.45, 2.75) is 20.4 Å². The number of halogens is 1. The fraction of sp³-hybridized carbons (Fsp3) is 0.174. The molecule has 0 fully saturated rings. The van der Waals surface area contributed by atoms with E-state index in [4.69, 9.17) is 11.6 Å². The van der Waals surface area contributed by atoms with Crippen molar-refractivity contribution in [2.24, 2.45) is 0 Å². The first-order valence-electron chi connectivity index (χ1n) is 9.85. The summed E-state index contributed by atoms with van der Waals surface area (Å²) in [5.74, 6) is -0.501. The van der Waals surface area contributed by atoms with Gasteiger partial charge in [0.2, 0.25) is 10.0 Å². The molecule has 0 bridgehead atoms. The Kier molecular flexibility index (Phi) is 7.04. The highest BCUT2D eigenvalue weighted by molar-refractivity contribution is 7.92. The SMILES string of the molecule is Cc1cccc(C)c1N(Cc1ccc(C(=O)Nc2cc([N+](=O)[O-])ccc2Cl)cc1)S(C)(=O)=O. The number of nitrogens with one attached hydrogen (secondary N) is 1. The lowest BCUT2D eigenvalue weighted by Gasteiger charge is -2.26. The van der Waals surface area contributed by atoms with Crippen molar-refractivity contribution < 1.29 is 18.1 Å². The van der Waals surface area contributed by atoms with Gasteiger partial charge < -0.3 is 5.32 Å². The number of nitro groups is 1. The molecule has 3 aromatic rings. The highest BCUT2D eigenvalue weighted by Crippen LogP contribution is 2.29. The first-order valence-corrected chi connectivity index (χ1v) is 12.1. The maximum absolute atomic E-state index is 12.6. The highest BCUT2D eigenvalue weighted by Gasteiger charge is 2.21. The Morgan fingerprint density at radius 2 is 1.67 bits per heavy atom. The molecule has 3 aromatic carbocycles. The van der Waals surface area contributed by atoms with Gasteiger partial charge in [-0.2, -0.15) is 0 Å². The summed E-state index contributed by atoms with van der Waals surface area (Å²) in [5, 5.41) is 13.7. The van der Waals surface area contributed by atoms with Crippen LogP contribution in [-0.2, 0) is 16.6 Å². The Balaban J connectivity index is 1.83. The van der Waals surface area contributed by atoms with Crippen molar-refractivity contribution >= 4 is 44.6 Å². The lowest BCUT2D eigenvalue weighted by Crippen LogP contribution is -2.30. The van der Waals surface area contributed by atoms with E-state index in [0.717, 1.165) is 17.4 Å². The van der Waals surface area contributed by atoms with Crippen molar-refractivity contribution in [3.05, 3.63) is 98.1 Å². The van der Waals surface area contributed by atoms with Crippen LogP contribution in [-0.4, -0.2) is 25.5 Å². The van der Waals surface area contributed by atoms with Gasteiger partial charge in [0.25, 0.3) is 11.6 Å². The summed E-state index contributed by atoms with van der Waals surface area (Å²) in [6.45, 7) is 3.81.